The summed E-state index contributed by atoms with van der Waals surface area (Å²) in [6.45, 7) is 0.406. The first kappa shape index (κ1) is 8.50. The van der Waals surface area contributed by atoms with E-state index in [1.54, 1.807) is 0 Å². The van der Waals surface area contributed by atoms with Crippen molar-refractivity contribution in [2.24, 2.45) is 0 Å². The van der Waals surface area contributed by atoms with Crippen LogP contribution in [0.4, 0.5) is 0 Å². The predicted molar refractivity (Wildman–Crippen MR) is 56.0 cm³/mol. The van der Waals surface area contributed by atoms with Gasteiger partial charge in [-0.25, -0.2) is 4.79 Å². The average molecular weight is 339 g/mol. The van der Waals surface area contributed by atoms with E-state index in [0.29, 0.717) is 6.61 Å². The van der Waals surface area contributed by atoms with Crippen LogP contribution in [0.15, 0.2) is 16.6 Å². The standard InChI is InChI=1S/C8H4BrIO2/c9-5-1-4-3-12-8(11)7(4)6(10)2-5/h1-2H,3H2. The summed E-state index contributed by atoms with van der Waals surface area (Å²) in [5.41, 5.74) is 1.69. The Hall–Kier alpha value is -0.100. The van der Waals surface area contributed by atoms with Gasteiger partial charge in [0.25, 0.3) is 0 Å². The van der Waals surface area contributed by atoms with Gasteiger partial charge in [0.05, 0.1) is 5.56 Å². The lowest BCUT2D eigenvalue weighted by atomic mass is 10.1. The Bertz CT molecular complexity index is 362. The molecule has 0 N–H and O–H groups in total. The maximum atomic E-state index is 11.2. The molecule has 1 aromatic carbocycles. The highest BCUT2D eigenvalue weighted by Gasteiger charge is 2.24. The van der Waals surface area contributed by atoms with Crippen LogP contribution in [-0.2, 0) is 11.3 Å². The molecule has 62 valence electrons. The highest BCUT2D eigenvalue weighted by Crippen LogP contribution is 2.28. The number of rotatable bonds is 0. The number of esters is 1. The van der Waals surface area contributed by atoms with Crippen LogP contribution >= 0.6 is 38.5 Å². The van der Waals surface area contributed by atoms with E-state index in [9.17, 15) is 4.79 Å². The molecule has 4 heteroatoms. The number of fused-ring (bicyclic) bond motifs is 1. The van der Waals surface area contributed by atoms with E-state index in [0.717, 1.165) is 19.2 Å². The van der Waals surface area contributed by atoms with Crippen molar-refractivity contribution < 1.29 is 9.53 Å². The summed E-state index contributed by atoms with van der Waals surface area (Å²) in [6, 6.07) is 3.83. The van der Waals surface area contributed by atoms with Crippen molar-refractivity contribution in [1.29, 1.82) is 0 Å². The number of hydrogen-bond acceptors (Lipinski definition) is 2. The average Bonchev–Trinajstić information content (AvgIpc) is 2.31. The monoisotopic (exact) mass is 338 g/mol. The molecule has 0 unspecified atom stereocenters. The molecule has 0 bridgehead atoms. The van der Waals surface area contributed by atoms with Gasteiger partial charge in [-0.05, 0) is 34.7 Å². The van der Waals surface area contributed by atoms with Gasteiger partial charge in [0, 0.05) is 13.6 Å². The molecule has 0 atom stereocenters. The van der Waals surface area contributed by atoms with Gasteiger partial charge in [0.15, 0.2) is 0 Å². The molecule has 0 aromatic heterocycles. The Kier molecular flexibility index (Phi) is 2.12. The second-order valence-electron chi connectivity index (χ2n) is 2.50. The smallest absolute Gasteiger partial charge is 0.339 e. The maximum Gasteiger partial charge on any atom is 0.339 e. The van der Waals surface area contributed by atoms with E-state index in [1.165, 1.54) is 0 Å². The van der Waals surface area contributed by atoms with Crippen LogP contribution in [0.3, 0.4) is 0 Å². The van der Waals surface area contributed by atoms with Crippen molar-refractivity contribution in [2.75, 3.05) is 0 Å². The Labute approximate surface area is 91.6 Å². The van der Waals surface area contributed by atoms with Gasteiger partial charge in [-0.1, -0.05) is 15.9 Å². The number of ether oxygens (including phenoxy) is 1. The molecule has 1 aliphatic rings. The van der Waals surface area contributed by atoms with Crippen molar-refractivity contribution >= 4 is 44.5 Å². The molecule has 0 aliphatic carbocycles. The van der Waals surface area contributed by atoms with Gasteiger partial charge in [0.2, 0.25) is 0 Å². The minimum atomic E-state index is -0.207. The predicted octanol–water partition coefficient (Wildman–Crippen LogP) is 2.72. The Morgan fingerprint density at radius 3 is 3.00 bits per heavy atom. The zero-order valence-electron chi connectivity index (χ0n) is 5.93. The van der Waals surface area contributed by atoms with Crippen molar-refractivity contribution in [3.05, 3.63) is 31.3 Å². The third-order valence-corrected chi connectivity index (χ3v) is 3.01. The van der Waals surface area contributed by atoms with E-state index in [2.05, 4.69) is 38.5 Å². The summed E-state index contributed by atoms with van der Waals surface area (Å²) in [4.78, 5) is 11.2. The van der Waals surface area contributed by atoms with E-state index >= 15 is 0 Å². The molecule has 2 nitrogen and oxygen atoms in total. The van der Waals surface area contributed by atoms with Crippen LogP contribution in [0.5, 0.6) is 0 Å². The van der Waals surface area contributed by atoms with Crippen LogP contribution in [-0.4, -0.2) is 5.97 Å². The molecular weight excluding hydrogens is 335 g/mol. The maximum absolute atomic E-state index is 11.2. The molecule has 0 amide bonds. The third-order valence-electron chi connectivity index (χ3n) is 1.70. The lowest BCUT2D eigenvalue weighted by Gasteiger charge is -1.98. The second kappa shape index (κ2) is 2.99. The molecule has 1 heterocycles. The normalized spacial score (nSPS) is 14.3. The number of benzene rings is 1. The number of hydrogen-bond donors (Lipinski definition) is 0. The van der Waals surface area contributed by atoms with Gasteiger partial charge in [-0.15, -0.1) is 0 Å². The molecule has 1 aromatic rings. The summed E-state index contributed by atoms with van der Waals surface area (Å²) in [6.07, 6.45) is 0. The molecule has 1 aliphatic heterocycles. The molecule has 12 heavy (non-hydrogen) atoms. The Balaban J connectivity index is 2.68. The molecular formula is C8H4BrIO2. The topological polar surface area (TPSA) is 26.3 Å². The summed E-state index contributed by atoms with van der Waals surface area (Å²) >= 11 is 5.50. The lowest BCUT2D eigenvalue weighted by Crippen LogP contribution is -1.96. The summed E-state index contributed by atoms with van der Waals surface area (Å²) in [5.74, 6) is -0.207. The van der Waals surface area contributed by atoms with Gasteiger partial charge in [0.1, 0.15) is 6.61 Å². The molecule has 0 saturated heterocycles. The summed E-state index contributed by atoms with van der Waals surface area (Å²) in [7, 11) is 0. The minimum Gasteiger partial charge on any atom is -0.457 e. The first-order chi connectivity index (χ1) is 5.68. The minimum absolute atomic E-state index is 0.207. The van der Waals surface area contributed by atoms with Crippen LogP contribution in [0, 0.1) is 3.57 Å². The fourth-order valence-electron chi connectivity index (χ4n) is 1.18. The summed E-state index contributed by atoms with van der Waals surface area (Å²) < 4.78 is 6.83. The van der Waals surface area contributed by atoms with Gasteiger partial charge in [-0.3, -0.25) is 0 Å². The lowest BCUT2D eigenvalue weighted by molar-refractivity contribution is 0.0534. The molecule has 2 rings (SSSR count). The largest absolute Gasteiger partial charge is 0.457 e. The Morgan fingerprint density at radius 1 is 1.50 bits per heavy atom. The van der Waals surface area contributed by atoms with Crippen LogP contribution in [0.25, 0.3) is 0 Å². The van der Waals surface area contributed by atoms with Crippen LogP contribution in [0.2, 0.25) is 0 Å². The van der Waals surface area contributed by atoms with E-state index in [-0.39, 0.29) is 5.97 Å². The summed E-state index contributed by atoms with van der Waals surface area (Å²) in [5, 5.41) is 0. The molecule has 0 radical (unpaired) electrons. The first-order valence-corrected chi connectivity index (χ1v) is 5.20. The first-order valence-electron chi connectivity index (χ1n) is 3.33. The molecule has 0 spiro atoms. The van der Waals surface area contributed by atoms with Crippen molar-refractivity contribution in [3.8, 4) is 0 Å². The fraction of sp³-hybridized carbons (Fsp3) is 0.125. The zero-order valence-corrected chi connectivity index (χ0v) is 9.68. The van der Waals surface area contributed by atoms with E-state index in [1.807, 2.05) is 12.1 Å². The SMILES string of the molecule is O=C1OCc2cc(Br)cc(I)c21. The molecule has 0 fully saturated rings. The van der Waals surface area contributed by atoms with Crippen molar-refractivity contribution in [3.63, 3.8) is 0 Å². The third kappa shape index (κ3) is 1.26. The molecule has 0 saturated carbocycles. The van der Waals surface area contributed by atoms with E-state index < -0.39 is 0 Å². The van der Waals surface area contributed by atoms with Crippen molar-refractivity contribution in [2.45, 2.75) is 6.61 Å². The number of halogens is 2. The van der Waals surface area contributed by atoms with Gasteiger partial charge >= 0.3 is 5.97 Å². The quantitative estimate of drug-likeness (QED) is 0.537. The van der Waals surface area contributed by atoms with Crippen LogP contribution in [0.1, 0.15) is 15.9 Å². The van der Waals surface area contributed by atoms with Crippen LogP contribution < -0.4 is 0 Å². The van der Waals surface area contributed by atoms with E-state index in [4.69, 9.17) is 4.74 Å². The second-order valence-corrected chi connectivity index (χ2v) is 4.58. The zero-order chi connectivity index (χ0) is 8.72. The number of carbonyl (C=O) groups excluding carboxylic acids is 1. The van der Waals surface area contributed by atoms with Gasteiger partial charge in [-0.2, -0.15) is 0 Å². The fourth-order valence-corrected chi connectivity index (χ4v) is 3.02. The highest BCUT2D eigenvalue weighted by atomic mass is 127. The van der Waals surface area contributed by atoms with Gasteiger partial charge < -0.3 is 4.74 Å². The highest BCUT2D eigenvalue weighted by molar-refractivity contribution is 14.1. The Morgan fingerprint density at radius 2 is 2.25 bits per heavy atom. The van der Waals surface area contributed by atoms with Crippen molar-refractivity contribution in [1.82, 2.24) is 0 Å². The number of cyclic esters (lactones) is 1. The number of carbonyl (C=O) groups is 1.